The number of hydrogen-bond donors (Lipinski definition) is 0. The lowest BCUT2D eigenvalue weighted by molar-refractivity contribution is -0.758. The molecule has 0 aliphatic carbocycles. The maximum Gasteiger partial charge on any atom is 0.573 e. The first kappa shape index (κ1) is 30.3. The van der Waals surface area contributed by atoms with E-state index in [0.717, 1.165) is 19.1 Å². The van der Waals surface area contributed by atoms with Crippen LogP contribution >= 0.6 is 0 Å². The minimum absolute atomic E-state index is 0.131. The first-order chi connectivity index (χ1) is 17.6. The van der Waals surface area contributed by atoms with Crippen molar-refractivity contribution in [2.45, 2.75) is 38.8 Å². The number of alkyl halides is 6. The van der Waals surface area contributed by atoms with Gasteiger partial charge < -0.3 is 33.3 Å². The SMILES string of the molecule is Cc1cc(OC(F)(F)F)cc2c1O[C@H](C(F)(F)F)C(C(=O)OC(C)OC(=O)OCCOCCO[N+](=O)[O-])=C2. The highest BCUT2D eigenvalue weighted by atomic mass is 19.4. The predicted molar refractivity (Wildman–Crippen MR) is 108 cm³/mol. The van der Waals surface area contributed by atoms with E-state index in [0.29, 0.717) is 6.08 Å². The number of hydrogen-bond acceptors (Lipinski definition) is 11. The average molecular weight is 563 g/mol. The van der Waals surface area contributed by atoms with Crippen LogP contribution in [0.4, 0.5) is 31.1 Å². The summed E-state index contributed by atoms with van der Waals surface area (Å²) in [5.74, 6) is -2.84. The zero-order valence-electron chi connectivity index (χ0n) is 19.4. The smallest absolute Gasteiger partial charge is 0.475 e. The fourth-order valence-corrected chi connectivity index (χ4v) is 2.93. The van der Waals surface area contributed by atoms with Crippen molar-refractivity contribution < 1.29 is 74.3 Å². The van der Waals surface area contributed by atoms with Crippen LogP contribution in [0.2, 0.25) is 0 Å². The Hall–Kier alpha value is -3.96. The van der Waals surface area contributed by atoms with Gasteiger partial charge in [-0.15, -0.1) is 23.3 Å². The highest BCUT2D eigenvalue weighted by Gasteiger charge is 2.49. The van der Waals surface area contributed by atoms with Crippen LogP contribution in [-0.2, 0) is 28.6 Å². The van der Waals surface area contributed by atoms with E-state index >= 15 is 0 Å². The summed E-state index contributed by atoms with van der Waals surface area (Å²) in [5.41, 5.74) is -1.59. The Balaban J connectivity index is 2.04. The molecule has 0 amide bonds. The number of carbonyl (C=O) groups excluding carboxylic acids is 2. The molecule has 0 N–H and O–H groups in total. The largest absolute Gasteiger partial charge is 0.573 e. The van der Waals surface area contributed by atoms with Gasteiger partial charge in [0.25, 0.3) is 5.09 Å². The van der Waals surface area contributed by atoms with E-state index in [9.17, 15) is 46.0 Å². The first-order valence-corrected chi connectivity index (χ1v) is 10.3. The van der Waals surface area contributed by atoms with Crippen molar-refractivity contribution in [1.29, 1.82) is 0 Å². The van der Waals surface area contributed by atoms with Gasteiger partial charge in [0.2, 0.25) is 12.4 Å². The molecule has 1 aromatic rings. The van der Waals surface area contributed by atoms with Gasteiger partial charge in [-0.25, -0.2) is 9.59 Å². The summed E-state index contributed by atoms with van der Waals surface area (Å²) in [7, 11) is 0. The quantitative estimate of drug-likeness (QED) is 0.0967. The van der Waals surface area contributed by atoms with Gasteiger partial charge in [-0.1, -0.05) is 0 Å². The van der Waals surface area contributed by atoms with Crippen molar-refractivity contribution in [1.82, 2.24) is 0 Å². The van der Waals surface area contributed by atoms with Crippen molar-refractivity contribution in [3.05, 3.63) is 38.9 Å². The molecule has 1 aliphatic heterocycles. The molecule has 2 atom stereocenters. The van der Waals surface area contributed by atoms with E-state index in [1.165, 1.54) is 6.92 Å². The highest BCUT2D eigenvalue weighted by molar-refractivity contribution is 5.96. The van der Waals surface area contributed by atoms with Gasteiger partial charge in [0.15, 0.2) is 0 Å². The van der Waals surface area contributed by atoms with Crippen LogP contribution in [0.3, 0.4) is 0 Å². The number of carbonyl (C=O) groups is 2. The summed E-state index contributed by atoms with van der Waals surface area (Å²) in [5, 5.41) is 8.91. The normalized spacial score (nSPS) is 15.8. The molecule has 38 heavy (non-hydrogen) atoms. The van der Waals surface area contributed by atoms with Crippen LogP contribution < -0.4 is 9.47 Å². The molecule has 1 heterocycles. The van der Waals surface area contributed by atoms with Crippen LogP contribution in [0.25, 0.3) is 6.08 Å². The van der Waals surface area contributed by atoms with E-state index in [-0.39, 0.29) is 30.9 Å². The Morgan fingerprint density at radius 2 is 1.74 bits per heavy atom. The first-order valence-electron chi connectivity index (χ1n) is 10.3. The van der Waals surface area contributed by atoms with Crippen molar-refractivity contribution in [3.63, 3.8) is 0 Å². The van der Waals surface area contributed by atoms with Gasteiger partial charge in [0.1, 0.15) is 24.7 Å². The van der Waals surface area contributed by atoms with E-state index in [4.69, 9.17) is 14.2 Å². The number of ether oxygens (including phenoxy) is 6. The maximum absolute atomic E-state index is 13.6. The second kappa shape index (κ2) is 12.5. The molecule has 0 spiro atoms. The molecular formula is C20H19F6NO11. The van der Waals surface area contributed by atoms with Crippen molar-refractivity contribution >= 4 is 18.2 Å². The standard InChI is InChI=1S/C20H19F6NO11/c1-10-7-13(38-20(24,25)26)8-12-9-14(16(19(21,22)23)37-15(10)12)17(28)35-11(2)36-18(29)33-5-3-32-4-6-34-27(30)31/h7-9,11,16H,3-6H2,1-2H3/t11?,16-/m0/s1. The summed E-state index contributed by atoms with van der Waals surface area (Å²) in [6.07, 6.45) is -15.6. The van der Waals surface area contributed by atoms with Gasteiger partial charge >= 0.3 is 24.7 Å². The van der Waals surface area contributed by atoms with E-state index in [2.05, 4.69) is 19.0 Å². The topological polar surface area (TPSA) is 142 Å². The van der Waals surface area contributed by atoms with E-state index < -0.39 is 65.8 Å². The zero-order valence-corrected chi connectivity index (χ0v) is 19.4. The van der Waals surface area contributed by atoms with Crippen LogP contribution in [0.15, 0.2) is 17.7 Å². The van der Waals surface area contributed by atoms with Crippen LogP contribution in [-0.4, -0.2) is 68.6 Å². The van der Waals surface area contributed by atoms with Crippen molar-refractivity contribution in [2.24, 2.45) is 0 Å². The molecule has 0 aromatic heterocycles. The Labute approximate surface area is 209 Å². The minimum Gasteiger partial charge on any atom is -0.475 e. The lowest BCUT2D eigenvalue weighted by Crippen LogP contribution is -2.41. The number of aryl methyl sites for hydroxylation is 1. The third kappa shape index (κ3) is 9.49. The Morgan fingerprint density at radius 3 is 2.34 bits per heavy atom. The van der Waals surface area contributed by atoms with Crippen molar-refractivity contribution in [2.75, 3.05) is 26.4 Å². The molecule has 0 saturated carbocycles. The molecule has 1 aliphatic rings. The summed E-state index contributed by atoms with van der Waals surface area (Å²) in [4.78, 5) is 38.0. The molecule has 0 radical (unpaired) electrons. The average Bonchev–Trinajstić information content (AvgIpc) is 2.75. The number of benzene rings is 1. The molecule has 0 saturated heterocycles. The third-order valence-corrected chi connectivity index (χ3v) is 4.28. The van der Waals surface area contributed by atoms with Crippen LogP contribution in [0.1, 0.15) is 18.1 Å². The number of esters is 1. The number of fused-ring (bicyclic) bond motifs is 1. The molecule has 212 valence electrons. The number of nitrogens with zero attached hydrogens (tertiary/aromatic N) is 1. The molecule has 12 nitrogen and oxygen atoms in total. The Bertz CT molecular complexity index is 1060. The Morgan fingerprint density at radius 1 is 1.08 bits per heavy atom. The second-order valence-corrected chi connectivity index (χ2v) is 7.20. The van der Waals surface area contributed by atoms with Crippen LogP contribution in [0.5, 0.6) is 11.5 Å². The van der Waals surface area contributed by atoms with E-state index in [1.54, 1.807) is 0 Å². The molecule has 18 heteroatoms. The summed E-state index contributed by atoms with van der Waals surface area (Å²) in [6.45, 7) is 0.970. The fourth-order valence-electron chi connectivity index (χ4n) is 2.93. The fraction of sp³-hybridized carbons (Fsp3) is 0.500. The molecular weight excluding hydrogens is 544 g/mol. The lowest BCUT2D eigenvalue weighted by Gasteiger charge is -2.29. The van der Waals surface area contributed by atoms with E-state index in [1.807, 2.05) is 0 Å². The molecule has 1 aromatic carbocycles. The predicted octanol–water partition coefficient (Wildman–Crippen LogP) is 3.87. The third-order valence-electron chi connectivity index (χ3n) is 4.28. The molecule has 1 unspecified atom stereocenters. The van der Waals surface area contributed by atoms with Crippen molar-refractivity contribution in [3.8, 4) is 11.5 Å². The van der Waals surface area contributed by atoms with Gasteiger partial charge in [0.05, 0.1) is 18.8 Å². The summed E-state index contributed by atoms with van der Waals surface area (Å²) < 4.78 is 106. The Kier molecular flexibility index (Phi) is 9.97. The zero-order chi connectivity index (χ0) is 28.7. The summed E-state index contributed by atoms with van der Waals surface area (Å²) in [6, 6.07) is 1.53. The summed E-state index contributed by atoms with van der Waals surface area (Å²) >= 11 is 0. The second-order valence-electron chi connectivity index (χ2n) is 7.20. The number of rotatable bonds is 11. The molecule has 0 fully saturated rings. The number of halogens is 6. The lowest BCUT2D eigenvalue weighted by atomic mass is 9.99. The van der Waals surface area contributed by atoms with Gasteiger partial charge in [-0.05, 0) is 30.7 Å². The maximum atomic E-state index is 13.6. The van der Waals surface area contributed by atoms with Gasteiger partial charge in [-0.3, -0.25) is 0 Å². The molecule has 2 rings (SSSR count). The van der Waals surface area contributed by atoms with Gasteiger partial charge in [0, 0.05) is 12.5 Å². The van der Waals surface area contributed by atoms with Gasteiger partial charge in [-0.2, -0.15) is 13.2 Å². The monoisotopic (exact) mass is 563 g/mol. The minimum atomic E-state index is -5.14. The van der Waals surface area contributed by atoms with Crippen LogP contribution in [0, 0.1) is 17.0 Å². The molecule has 0 bridgehead atoms. The highest BCUT2D eigenvalue weighted by Crippen LogP contribution is 2.41.